The van der Waals surface area contributed by atoms with Crippen LogP contribution in [-0.2, 0) is 9.53 Å². The molecule has 0 unspecified atom stereocenters. The van der Waals surface area contributed by atoms with Gasteiger partial charge in [0.25, 0.3) is 0 Å². The van der Waals surface area contributed by atoms with E-state index in [-0.39, 0.29) is 12.6 Å². The van der Waals surface area contributed by atoms with Crippen LogP contribution in [0.15, 0.2) is 36.1 Å². The number of hydrogen-bond acceptors (Lipinski definition) is 9. The van der Waals surface area contributed by atoms with Crippen molar-refractivity contribution in [3.63, 3.8) is 0 Å². The molecule has 1 N–H and O–H groups in total. The Hall–Kier alpha value is -3.59. The predicted octanol–water partition coefficient (Wildman–Crippen LogP) is 2.73. The molecular weight excluding hydrogens is 420 g/mol. The minimum Gasteiger partial charge on any atom is -0.493 e. The Morgan fingerprint density at radius 1 is 0.969 bits per heavy atom. The number of esters is 1. The van der Waals surface area contributed by atoms with E-state index in [0.29, 0.717) is 45.6 Å². The maximum absolute atomic E-state index is 13.1. The molecule has 3 aliphatic heterocycles. The first-order valence-corrected chi connectivity index (χ1v) is 9.94. The second-order valence-corrected chi connectivity index (χ2v) is 7.69. The van der Waals surface area contributed by atoms with Crippen LogP contribution >= 0.6 is 0 Å². The number of allylic oxidation sites excluding steroid dienone is 1. The highest BCUT2D eigenvalue weighted by molar-refractivity contribution is 5.80. The topological polar surface area (TPSA) is 102 Å². The molecule has 0 saturated heterocycles. The molecule has 0 bridgehead atoms. The molecule has 2 aromatic rings. The summed E-state index contributed by atoms with van der Waals surface area (Å²) in [6.45, 7) is 1.65. The summed E-state index contributed by atoms with van der Waals surface area (Å²) >= 11 is 0. The fraction of sp³-hybridized carbons (Fsp3) is 0.348. The van der Waals surface area contributed by atoms with Crippen molar-refractivity contribution in [1.82, 2.24) is 0 Å². The summed E-state index contributed by atoms with van der Waals surface area (Å²) in [5, 5.41) is 11.5. The molecule has 0 aromatic heterocycles. The van der Waals surface area contributed by atoms with Crippen LogP contribution < -0.4 is 28.4 Å². The molecule has 0 spiro atoms. The highest BCUT2D eigenvalue weighted by atomic mass is 16.7. The van der Waals surface area contributed by atoms with Crippen molar-refractivity contribution in [2.24, 2.45) is 5.92 Å². The summed E-state index contributed by atoms with van der Waals surface area (Å²) in [6, 6.07) is 6.89. The Morgan fingerprint density at radius 3 is 2.25 bits per heavy atom. The first kappa shape index (κ1) is 20.3. The van der Waals surface area contributed by atoms with Gasteiger partial charge in [0, 0.05) is 23.6 Å². The van der Waals surface area contributed by atoms with Crippen LogP contribution in [0.25, 0.3) is 0 Å². The van der Waals surface area contributed by atoms with E-state index in [1.807, 2.05) is 0 Å². The standard InChI is InChI=1S/C23H22O9/c1-11-9-23(25)20(22(24)31-11)19(12-5-17(26-2)21(28-4)18(6-12)27-3)13-7-15-16(30-10-29-15)8-14(13)32-23/h5-9,19-20,25H,10H2,1-4H3/t19-,20-,23-/m1/s1. The number of cyclic esters (lactones) is 1. The molecule has 0 saturated carbocycles. The van der Waals surface area contributed by atoms with E-state index < -0.39 is 23.6 Å². The molecule has 3 heterocycles. The van der Waals surface area contributed by atoms with Crippen molar-refractivity contribution in [2.75, 3.05) is 28.1 Å². The van der Waals surface area contributed by atoms with E-state index in [1.165, 1.54) is 27.4 Å². The Bertz CT molecular complexity index is 1110. The lowest BCUT2D eigenvalue weighted by Crippen LogP contribution is -2.54. The summed E-state index contributed by atoms with van der Waals surface area (Å²) in [5.41, 5.74) is 1.26. The average Bonchev–Trinajstić information content (AvgIpc) is 3.21. The second-order valence-electron chi connectivity index (χ2n) is 7.69. The summed E-state index contributed by atoms with van der Waals surface area (Å²) in [4.78, 5) is 13.1. The lowest BCUT2D eigenvalue weighted by atomic mass is 9.73. The zero-order chi connectivity index (χ0) is 22.6. The lowest BCUT2D eigenvalue weighted by molar-refractivity contribution is -0.191. The minimum atomic E-state index is -1.93. The van der Waals surface area contributed by atoms with Crippen molar-refractivity contribution < 1.29 is 43.1 Å². The van der Waals surface area contributed by atoms with Gasteiger partial charge in [-0.15, -0.1) is 0 Å². The van der Waals surface area contributed by atoms with E-state index >= 15 is 0 Å². The molecular formula is C23H22O9. The van der Waals surface area contributed by atoms with Gasteiger partial charge in [0.2, 0.25) is 18.3 Å². The molecule has 0 radical (unpaired) electrons. The quantitative estimate of drug-likeness (QED) is 0.716. The van der Waals surface area contributed by atoms with Crippen molar-refractivity contribution in [3.05, 3.63) is 47.2 Å². The minimum absolute atomic E-state index is 0.0713. The third-order valence-electron chi connectivity index (χ3n) is 5.86. The number of aliphatic hydroxyl groups is 1. The monoisotopic (exact) mass is 442 g/mol. The van der Waals surface area contributed by atoms with Gasteiger partial charge in [-0.3, -0.25) is 4.79 Å². The Balaban J connectivity index is 1.77. The lowest BCUT2D eigenvalue weighted by Gasteiger charge is -2.44. The van der Waals surface area contributed by atoms with Crippen molar-refractivity contribution in [1.29, 1.82) is 0 Å². The number of rotatable bonds is 4. The molecule has 3 atom stereocenters. The van der Waals surface area contributed by atoms with Crippen LogP contribution in [0, 0.1) is 5.92 Å². The van der Waals surface area contributed by atoms with E-state index in [9.17, 15) is 9.90 Å². The van der Waals surface area contributed by atoms with E-state index in [2.05, 4.69) is 0 Å². The summed E-state index contributed by atoms with van der Waals surface area (Å²) < 4.78 is 38.8. The molecule has 168 valence electrons. The van der Waals surface area contributed by atoms with Crippen LogP contribution in [0.3, 0.4) is 0 Å². The van der Waals surface area contributed by atoms with Gasteiger partial charge < -0.3 is 38.3 Å². The number of ether oxygens (including phenoxy) is 7. The first-order chi connectivity index (χ1) is 15.4. The SMILES string of the molecule is COc1cc([C@@H]2c3cc4c(cc3O[C@]3(O)C=C(C)OC(=O)[C@@H]23)OCO4)cc(OC)c1OC. The van der Waals surface area contributed by atoms with Gasteiger partial charge in [-0.25, -0.2) is 0 Å². The largest absolute Gasteiger partial charge is 0.493 e. The van der Waals surface area contributed by atoms with Gasteiger partial charge >= 0.3 is 5.97 Å². The van der Waals surface area contributed by atoms with Crippen LogP contribution in [0.4, 0.5) is 0 Å². The van der Waals surface area contributed by atoms with Gasteiger partial charge in [0.1, 0.15) is 17.4 Å². The van der Waals surface area contributed by atoms with Crippen molar-refractivity contribution in [3.8, 4) is 34.5 Å². The fourth-order valence-electron chi connectivity index (χ4n) is 4.55. The molecule has 0 fully saturated rings. The molecule has 3 aliphatic rings. The number of carbonyl (C=O) groups excluding carboxylic acids is 1. The number of carbonyl (C=O) groups is 1. The number of methoxy groups -OCH3 is 3. The molecule has 9 heteroatoms. The molecule has 5 rings (SSSR count). The third kappa shape index (κ3) is 2.92. The zero-order valence-electron chi connectivity index (χ0n) is 18.0. The number of benzene rings is 2. The van der Waals surface area contributed by atoms with Crippen molar-refractivity contribution >= 4 is 5.97 Å². The molecule has 32 heavy (non-hydrogen) atoms. The summed E-state index contributed by atoms with van der Waals surface area (Å²) in [5.74, 6) is -1.45. The second kappa shape index (κ2) is 7.23. The summed E-state index contributed by atoms with van der Waals surface area (Å²) in [7, 11) is 4.53. The average molecular weight is 442 g/mol. The zero-order valence-corrected chi connectivity index (χ0v) is 18.0. The van der Waals surface area contributed by atoms with Gasteiger partial charge in [-0.05, 0) is 30.7 Å². The number of fused-ring (bicyclic) bond motifs is 3. The van der Waals surface area contributed by atoms with Gasteiger partial charge in [0.05, 0.1) is 21.3 Å². The highest BCUT2D eigenvalue weighted by Crippen LogP contribution is 2.55. The Kier molecular flexibility index (Phi) is 4.59. The smallest absolute Gasteiger partial charge is 0.322 e. The van der Waals surface area contributed by atoms with Gasteiger partial charge in [-0.2, -0.15) is 0 Å². The molecule has 9 nitrogen and oxygen atoms in total. The van der Waals surface area contributed by atoms with E-state index in [0.717, 1.165) is 0 Å². The fourth-order valence-corrected chi connectivity index (χ4v) is 4.55. The molecule has 2 aromatic carbocycles. The normalized spacial score (nSPS) is 25.0. The predicted molar refractivity (Wildman–Crippen MR) is 109 cm³/mol. The number of hydrogen-bond donors (Lipinski definition) is 1. The Morgan fingerprint density at radius 2 is 1.62 bits per heavy atom. The summed E-state index contributed by atoms with van der Waals surface area (Å²) in [6.07, 6.45) is 1.40. The van der Waals surface area contributed by atoms with Crippen LogP contribution in [0.5, 0.6) is 34.5 Å². The first-order valence-electron chi connectivity index (χ1n) is 9.94. The van der Waals surface area contributed by atoms with Crippen LogP contribution in [0.1, 0.15) is 24.0 Å². The maximum Gasteiger partial charge on any atom is 0.322 e. The van der Waals surface area contributed by atoms with Crippen LogP contribution in [-0.4, -0.2) is 45.0 Å². The van der Waals surface area contributed by atoms with E-state index in [4.69, 9.17) is 33.2 Å². The highest BCUT2D eigenvalue weighted by Gasteiger charge is 2.56. The molecule has 0 amide bonds. The molecule has 0 aliphatic carbocycles. The maximum atomic E-state index is 13.1. The Labute approximate surface area is 184 Å². The van der Waals surface area contributed by atoms with Crippen molar-refractivity contribution in [2.45, 2.75) is 18.6 Å². The third-order valence-corrected chi connectivity index (χ3v) is 5.86. The van der Waals surface area contributed by atoms with Gasteiger partial charge in [-0.1, -0.05) is 0 Å². The van der Waals surface area contributed by atoms with Crippen LogP contribution in [0.2, 0.25) is 0 Å². The van der Waals surface area contributed by atoms with E-state index in [1.54, 1.807) is 31.2 Å². The van der Waals surface area contributed by atoms with Gasteiger partial charge in [0.15, 0.2) is 23.0 Å².